The predicted molar refractivity (Wildman–Crippen MR) is 155 cm³/mol. The van der Waals surface area contributed by atoms with Crippen molar-refractivity contribution >= 4 is 16.8 Å². The van der Waals surface area contributed by atoms with Gasteiger partial charge in [-0.25, -0.2) is 0 Å². The van der Waals surface area contributed by atoms with Crippen LogP contribution in [0.5, 0.6) is 5.75 Å². The van der Waals surface area contributed by atoms with Crippen molar-refractivity contribution < 1.29 is 14.3 Å². The third-order valence-corrected chi connectivity index (χ3v) is 7.93. The minimum atomic E-state index is -0.153. The zero-order chi connectivity index (χ0) is 27.5. The number of aromatic nitrogens is 3. The Labute approximate surface area is 235 Å². The predicted octanol–water partition coefficient (Wildman–Crippen LogP) is 5.38. The lowest BCUT2D eigenvalue weighted by molar-refractivity contribution is -0.0778. The van der Waals surface area contributed by atoms with E-state index in [1.807, 2.05) is 60.7 Å². The van der Waals surface area contributed by atoms with Gasteiger partial charge in [-0.3, -0.25) is 19.8 Å². The molecule has 40 heavy (non-hydrogen) atoms. The van der Waals surface area contributed by atoms with Crippen molar-refractivity contribution in [3.8, 4) is 17.0 Å². The largest absolute Gasteiger partial charge is 0.490 e. The van der Waals surface area contributed by atoms with Gasteiger partial charge in [0.25, 0.3) is 5.91 Å². The molecule has 0 spiro atoms. The minimum absolute atomic E-state index is 0.120. The number of carbonyl (C=O) groups is 1. The Balaban J connectivity index is 1.14. The van der Waals surface area contributed by atoms with Crippen molar-refractivity contribution in [2.24, 2.45) is 5.92 Å². The fourth-order valence-electron chi connectivity index (χ4n) is 5.60. The van der Waals surface area contributed by atoms with E-state index in [2.05, 4.69) is 39.2 Å². The molecule has 8 heteroatoms. The van der Waals surface area contributed by atoms with Gasteiger partial charge in [0.1, 0.15) is 11.9 Å². The highest BCUT2D eigenvalue weighted by molar-refractivity contribution is 6.01. The van der Waals surface area contributed by atoms with E-state index in [0.29, 0.717) is 17.5 Å². The van der Waals surface area contributed by atoms with E-state index in [-0.39, 0.29) is 18.1 Å². The second-order valence-electron chi connectivity index (χ2n) is 11.3. The first kappa shape index (κ1) is 26.5. The fraction of sp³-hybridized carbons (Fsp3) is 0.406. The second kappa shape index (κ2) is 11.8. The normalized spacial score (nSPS) is 17.6. The van der Waals surface area contributed by atoms with Gasteiger partial charge in [0.2, 0.25) is 0 Å². The van der Waals surface area contributed by atoms with E-state index in [1.165, 1.54) is 0 Å². The molecule has 2 saturated heterocycles. The molecule has 0 saturated carbocycles. The maximum atomic E-state index is 13.3. The average Bonchev–Trinajstić information content (AvgIpc) is 3.37. The Kier molecular flexibility index (Phi) is 7.80. The molecule has 0 aliphatic carbocycles. The Morgan fingerprint density at radius 2 is 1.90 bits per heavy atom. The fourth-order valence-corrected chi connectivity index (χ4v) is 5.60. The summed E-state index contributed by atoms with van der Waals surface area (Å²) in [4.78, 5) is 20.3. The number of nitrogens with one attached hydrogen (secondary N) is 2. The second-order valence-corrected chi connectivity index (χ2v) is 11.3. The van der Waals surface area contributed by atoms with E-state index >= 15 is 0 Å². The highest BCUT2D eigenvalue weighted by Crippen LogP contribution is 2.30. The summed E-state index contributed by atoms with van der Waals surface area (Å²) in [6.07, 6.45) is 4.88. The summed E-state index contributed by atoms with van der Waals surface area (Å²) in [6.45, 7) is 8.15. The number of likely N-dealkylation sites (tertiary alicyclic amines) is 1. The lowest BCUT2D eigenvalue weighted by Crippen LogP contribution is -2.52. The number of nitrogens with zero attached hydrogens (tertiary/aromatic N) is 3. The van der Waals surface area contributed by atoms with Crippen molar-refractivity contribution in [1.82, 2.24) is 25.4 Å². The molecule has 4 heterocycles. The molecule has 1 unspecified atom stereocenters. The molecule has 2 aromatic carbocycles. The van der Waals surface area contributed by atoms with Crippen molar-refractivity contribution in [3.63, 3.8) is 0 Å². The Morgan fingerprint density at radius 1 is 1.10 bits per heavy atom. The number of fused-ring (bicyclic) bond motifs is 1. The molecule has 2 aliphatic rings. The van der Waals surface area contributed by atoms with Gasteiger partial charge in [-0.1, -0.05) is 19.9 Å². The number of benzene rings is 2. The number of hydrogen-bond donors (Lipinski definition) is 2. The number of hydrogen-bond acceptors (Lipinski definition) is 6. The third-order valence-electron chi connectivity index (χ3n) is 7.93. The molecule has 1 amide bonds. The van der Waals surface area contributed by atoms with Gasteiger partial charge < -0.3 is 14.8 Å². The summed E-state index contributed by atoms with van der Waals surface area (Å²) < 4.78 is 11.6. The lowest BCUT2D eigenvalue weighted by atomic mass is 9.99. The van der Waals surface area contributed by atoms with Crippen LogP contribution >= 0.6 is 0 Å². The van der Waals surface area contributed by atoms with Gasteiger partial charge in [-0.2, -0.15) is 5.10 Å². The van der Waals surface area contributed by atoms with Gasteiger partial charge in [-0.05, 0) is 79.8 Å². The summed E-state index contributed by atoms with van der Waals surface area (Å²) in [6, 6.07) is 20.0. The monoisotopic (exact) mass is 539 g/mol. The van der Waals surface area contributed by atoms with Crippen molar-refractivity contribution in [2.45, 2.75) is 51.3 Å². The number of piperidine rings is 1. The molecule has 4 aromatic rings. The van der Waals surface area contributed by atoms with Crippen LogP contribution in [0.25, 0.3) is 22.2 Å². The third kappa shape index (κ3) is 5.88. The van der Waals surface area contributed by atoms with Crippen LogP contribution in [0.2, 0.25) is 0 Å². The number of pyridine rings is 1. The number of rotatable bonds is 9. The number of ether oxygens (including phenoxy) is 2. The molecular formula is C32H37N5O3. The molecule has 2 aromatic heterocycles. The van der Waals surface area contributed by atoms with E-state index in [9.17, 15) is 4.79 Å². The molecule has 208 valence electrons. The molecule has 1 atom stereocenters. The van der Waals surface area contributed by atoms with Crippen molar-refractivity contribution in [3.05, 3.63) is 78.1 Å². The standard InChI is InChI=1S/C32H37N5O3/c1-21(2)17-30(29-5-3-4-14-33-29)34-32(38)23-8-11-28-27(18-23)31(36-35-28)22-6-9-25(10-7-22)40-26-12-15-37(16-13-26)24-19-39-20-24/h3-11,14,18,21,24,26,30H,12-13,15-17,19-20H2,1-2H3,(H,34,38)(H,35,36). The molecule has 8 nitrogen and oxygen atoms in total. The first-order valence-electron chi connectivity index (χ1n) is 14.3. The molecule has 0 radical (unpaired) electrons. The SMILES string of the molecule is CC(C)CC(NC(=O)c1ccc2[nH]nc(-c3ccc(OC4CCN(C5COC5)CC4)cc3)c2c1)c1ccccn1. The molecule has 2 aliphatic heterocycles. The zero-order valence-corrected chi connectivity index (χ0v) is 23.2. The minimum Gasteiger partial charge on any atom is -0.490 e. The maximum absolute atomic E-state index is 13.3. The maximum Gasteiger partial charge on any atom is 0.251 e. The summed E-state index contributed by atoms with van der Waals surface area (Å²) in [5.41, 5.74) is 4.15. The van der Waals surface area contributed by atoms with Crippen LogP contribution in [0.1, 0.15) is 55.2 Å². The zero-order valence-electron chi connectivity index (χ0n) is 23.2. The van der Waals surface area contributed by atoms with E-state index in [4.69, 9.17) is 9.47 Å². The summed E-state index contributed by atoms with van der Waals surface area (Å²) >= 11 is 0. The summed E-state index contributed by atoms with van der Waals surface area (Å²) in [7, 11) is 0. The van der Waals surface area contributed by atoms with Crippen molar-refractivity contribution in [2.75, 3.05) is 26.3 Å². The first-order chi connectivity index (χ1) is 19.5. The van der Waals surface area contributed by atoms with Crippen LogP contribution in [-0.2, 0) is 4.74 Å². The van der Waals surface area contributed by atoms with Crippen LogP contribution < -0.4 is 10.1 Å². The quantitative estimate of drug-likeness (QED) is 0.297. The van der Waals surface area contributed by atoms with Crippen LogP contribution in [0.4, 0.5) is 0 Å². The average molecular weight is 540 g/mol. The molecule has 2 fully saturated rings. The van der Waals surface area contributed by atoms with Crippen LogP contribution in [0, 0.1) is 5.92 Å². The topological polar surface area (TPSA) is 92.4 Å². The highest BCUT2D eigenvalue weighted by Gasteiger charge is 2.30. The van der Waals surface area contributed by atoms with Crippen LogP contribution in [0.3, 0.4) is 0 Å². The number of carbonyl (C=O) groups excluding carboxylic acids is 1. The van der Waals surface area contributed by atoms with Gasteiger partial charge in [0.05, 0.1) is 42.2 Å². The Bertz CT molecular complexity index is 1420. The van der Waals surface area contributed by atoms with Gasteiger partial charge in [0.15, 0.2) is 0 Å². The van der Waals surface area contributed by atoms with E-state index in [1.54, 1.807) is 6.20 Å². The summed E-state index contributed by atoms with van der Waals surface area (Å²) in [5.74, 6) is 1.17. The van der Waals surface area contributed by atoms with Gasteiger partial charge in [-0.15, -0.1) is 0 Å². The van der Waals surface area contributed by atoms with Crippen LogP contribution in [-0.4, -0.2) is 64.4 Å². The lowest BCUT2D eigenvalue weighted by Gasteiger charge is -2.41. The van der Waals surface area contributed by atoms with Crippen LogP contribution in [0.15, 0.2) is 66.9 Å². The number of H-pyrrole nitrogens is 1. The first-order valence-corrected chi connectivity index (χ1v) is 14.3. The molecule has 0 bridgehead atoms. The Hall–Kier alpha value is -3.75. The van der Waals surface area contributed by atoms with E-state index < -0.39 is 0 Å². The van der Waals surface area contributed by atoms with Gasteiger partial charge >= 0.3 is 0 Å². The van der Waals surface area contributed by atoms with Crippen molar-refractivity contribution in [1.29, 1.82) is 0 Å². The van der Waals surface area contributed by atoms with Gasteiger partial charge in [0, 0.05) is 35.8 Å². The molecule has 6 rings (SSSR count). The van der Waals surface area contributed by atoms with E-state index in [0.717, 1.165) is 79.2 Å². The Morgan fingerprint density at radius 3 is 2.58 bits per heavy atom. The smallest absolute Gasteiger partial charge is 0.251 e. The highest BCUT2D eigenvalue weighted by atomic mass is 16.5. The molecule has 2 N–H and O–H groups in total. The number of amides is 1. The molecular weight excluding hydrogens is 502 g/mol. The summed E-state index contributed by atoms with van der Waals surface area (Å²) in [5, 5.41) is 11.8. The number of aromatic amines is 1.